The Morgan fingerprint density at radius 3 is 2.95 bits per heavy atom. The molecule has 1 saturated heterocycles. The molecule has 1 amide bonds. The number of nitrogens with zero attached hydrogens (tertiary/aromatic N) is 1. The summed E-state index contributed by atoms with van der Waals surface area (Å²) in [4.78, 5) is 14.0. The first-order valence-electron chi connectivity index (χ1n) is 7.70. The zero-order valence-corrected chi connectivity index (χ0v) is 12.9. The van der Waals surface area contributed by atoms with E-state index in [-0.39, 0.29) is 23.1 Å². The van der Waals surface area contributed by atoms with Gasteiger partial charge in [0.1, 0.15) is 0 Å². The van der Waals surface area contributed by atoms with Gasteiger partial charge in [-0.1, -0.05) is 11.6 Å². The summed E-state index contributed by atoms with van der Waals surface area (Å²) in [7, 11) is 0. The van der Waals surface area contributed by atoms with Crippen LogP contribution in [0.4, 0.5) is 4.39 Å². The number of rotatable bonds is 2. The summed E-state index contributed by atoms with van der Waals surface area (Å²) in [5.41, 5.74) is 1.51. The van der Waals surface area contributed by atoms with E-state index in [1.165, 1.54) is 0 Å². The monoisotopic (exact) mass is 324 g/mol. The summed E-state index contributed by atoms with van der Waals surface area (Å²) in [6, 6.07) is 0.896. The highest BCUT2D eigenvalue weighted by atomic mass is 35.5. The molecule has 4 rings (SSSR count). The first-order valence-corrected chi connectivity index (χ1v) is 8.08. The molecule has 2 aliphatic heterocycles. The number of carbonyl (C=O) groups is 1. The van der Waals surface area contributed by atoms with Gasteiger partial charge in [-0.3, -0.25) is 4.79 Å². The van der Waals surface area contributed by atoms with Crippen LogP contribution in [-0.4, -0.2) is 35.5 Å². The molecular formula is C16H18ClFN2O2. The lowest BCUT2D eigenvalue weighted by atomic mass is 9.92. The normalized spacial score (nSPS) is 25.6. The van der Waals surface area contributed by atoms with Gasteiger partial charge in [0, 0.05) is 30.1 Å². The van der Waals surface area contributed by atoms with E-state index in [9.17, 15) is 14.3 Å². The van der Waals surface area contributed by atoms with Crippen LogP contribution in [0, 0.1) is 11.2 Å². The molecule has 22 heavy (non-hydrogen) atoms. The number of carbonyl (C=O) groups excluding carboxylic acids is 1. The van der Waals surface area contributed by atoms with Crippen molar-refractivity contribution in [2.24, 2.45) is 5.41 Å². The zero-order valence-electron chi connectivity index (χ0n) is 12.2. The topological polar surface area (TPSA) is 52.6 Å². The van der Waals surface area contributed by atoms with E-state index in [1.807, 2.05) is 4.90 Å². The second-order valence-corrected chi connectivity index (χ2v) is 7.20. The Bertz CT molecular complexity index is 660. The van der Waals surface area contributed by atoms with Crippen LogP contribution in [0.3, 0.4) is 0 Å². The second-order valence-electron chi connectivity index (χ2n) is 6.79. The summed E-state index contributed by atoms with van der Waals surface area (Å²) in [5, 5.41) is 13.8. The third-order valence-corrected chi connectivity index (χ3v) is 5.56. The first-order chi connectivity index (χ1) is 10.5. The van der Waals surface area contributed by atoms with Crippen molar-refractivity contribution in [3.8, 4) is 5.75 Å². The number of amides is 1. The minimum absolute atomic E-state index is 0.161. The van der Waals surface area contributed by atoms with Crippen LogP contribution < -0.4 is 5.32 Å². The molecule has 0 radical (unpaired) electrons. The fourth-order valence-electron chi connectivity index (χ4n) is 3.81. The van der Waals surface area contributed by atoms with Crippen molar-refractivity contribution in [2.45, 2.75) is 31.7 Å². The van der Waals surface area contributed by atoms with Gasteiger partial charge in [-0.05, 0) is 42.9 Å². The molecule has 118 valence electrons. The van der Waals surface area contributed by atoms with Gasteiger partial charge in [0.15, 0.2) is 11.6 Å². The highest BCUT2D eigenvalue weighted by molar-refractivity contribution is 6.31. The van der Waals surface area contributed by atoms with Gasteiger partial charge in [0.25, 0.3) is 0 Å². The minimum Gasteiger partial charge on any atom is -0.505 e. The van der Waals surface area contributed by atoms with Gasteiger partial charge in [-0.2, -0.15) is 0 Å². The van der Waals surface area contributed by atoms with Crippen molar-refractivity contribution < 1.29 is 14.3 Å². The molecule has 1 saturated carbocycles. The van der Waals surface area contributed by atoms with Gasteiger partial charge in [-0.15, -0.1) is 0 Å². The average molecular weight is 325 g/mol. The predicted molar refractivity (Wildman–Crippen MR) is 80.4 cm³/mol. The molecule has 1 aromatic rings. The van der Waals surface area contributed by atoms with E-state index in [0.29, 0.717) is 36.5 Å². The average Bonchev–Trinajstić information content (AvgIpc) is 3.15. The van der Waals surface area contributed by atoms with Gasteiger partial charge in [0.2, 0.25) is 5.91 Å². The number of phenols is 1. The van der Waals surface area contributed by atoms with Gasteiger partial charge >= 0.3 is 0 Å². The lowest BCUT2D eigenvalue weighted by molar-refractivity contribution is -0.128. The standard InChI is InChI=1S/C16H18ClFN2O2/c17-10-5-11(18)15(22)14-9(10)1-4-19-12(14)7-20-8-16(2-3-16)6-13(20)21/h5,12,19,22H,1-4,6-8H2/t12-/m1/s1. The van der Waals surface area contributed by atoms with E-state index >= 15 is 0 Å². The maximum Gasteiger partial charge on any atom is 0.223 e. The summed E-state index contributed by atoms with van der Waals surface area (Å²) in [5.74, 6) is -0.887. The summed E-state index contributed by atoms with van der Waals surface area (Å²) >= 11 is 6.13. The lowest BCUT2D eigenvalue weighted by Crippen LogP contribution is -2.40. The number of hydrogen-bond acceptors (Lipinski definition) is 3. The Morgan fingerprint density at radius 2 is 2.27 bits per heavy atom. The number of phenolic OH excluding ortho intramolecular Hbond substituents is 1. The van der Waals surface area contributed by atoms with Crippen molar-refractivity contribution in [3.63, 3.8) is 0 Å². The van der Waals surface area contributed by atoms with Crippen molar-refractivity contribution in [2.75, 3.05) is 19.6 Å². The summed E-state index contributed by atoms with van der Waals surface area (Å²) < 4.78 is 13.8. The molecule has 2 N–H and O–H groups in total. The highest BCUT2D eigenvalue weighted by Gasteiger charge is 2.52. The Balaban J connectivity index is 1.64. The van der Waals surface area contributed by atoms with E-state index < -0.39 is 5.82 Å². The van der Waals surface area contributed by atoms with E-state index in [0.717, 1.165) is 31.0 Å². The lowest BCUT2D eigenvalue weighted by Gasteiger charge is -2.31. The predicted octanol–water partition coefficient (Wildman–Crippen LogP) is 2.38. The van der Waals surface area contributed by atoms with Crippen LogP contribution in [0.1, 0.15) is 36.4 Å². The van der Waals surface area contributed by atoms with Crippen molar-refractivity contribution >= 4 is 17.5 Å². The van der Waals surface area contributed by atoms with Gasteiger partial charge in [0.05, 0.1) is 6.04 Å². The molecule has 1 atom stereocenters. The Kier molecular flexibility index (Phi) is 3.13. The summed E-state index contributed by atoms with van der Waals surface area (Å²) in [6.07, 6.45) is 3.52. The number of benzene rings is 1. The molecule has 2 heterocycles. The molecule has 2 fully saturated rings. The number of likely N-dealkylation sites (tertiary alicyclic amines) is 1. The maximum atomic E-state index is 13.8. The smallest absolute Gasteiger partial charge is 0.223 e. The van der Waals surface area contributed by atoms with Gasteiger partial charge < -0.3 is 15.3 Å². The Morgan fingerprint density at radius 1 is 1.50 bits per heavy atom. The molecule has 1 aliphatic carbocycles. The molecule has 1 spiro atoms. The fraction of sp³-hybridized carbons (Fsp3) is 0.562. The largest absolute Gasteiger partial charge is 0.505 e. The van der Waals surface area contributed by atoms with E-state index in [1.54, 1.807) is 0 Å². The Hall–Kier alpha value is -1.33. The van der Waals surface area contributed by atoms with Crippen LogP contribution in [0.25, 0.3) is 0 Å². The minimum atomic E-state index is -0.705. The van der Waals surface area contributed by atoms with Crippen molar-refractivity contribution in [3.05, 3.63) is 28.0 Å². The molecule has 6 heteroatoms. The van der Waals surface area contributed by atoms with Gasteiger partial charge in [-0.25, -0.2) is 4.39 Å². The second kappa shape index (κ2) is 4.83. The number of nitrogens with one attached hydrogen (secondary N) is 1. The van der Waals surface area contributed by atoms with Crippen LogP contribution in [-0.2, 0) is 11.2 Å². The fourth-order valence-corrected chi connectivity index (χ4v) is 4.10. The van der Waals surface area contributed by atoms with Crippen LogP contribution >= 0.6 is 11.6 Å². The molecule has 0 bridgehead atoms. The summed E-state index contributed by atoms with van der Waals surface area (Å²) in [6.45, 7) is 1.94. The quantitative estimate of drug-likeness (QED) is 0.878. The molecule has 4 nitrogen and oxygen atoms in total. The molecule has 1 aromatic carbocycles. The van der Waals surface area contributed by atoms with Crippen LogP contribution in [0.15, 0.2) is 6.07 Å². The van der Waals surface area contributed by atoms with E-state index in [2.05, 4.69) is 5.32 Å². The number of hydrogen-bond donors (Lipinski definition) is 2. The SMILES string of the molecule is O=C1CC2(CC2)CN1C[C@H]1NCCc2c(Cl)cc(F)c(O)c21. The maximum absolute atomic E-state index is 13.8. The Labute approximate surface area is 133 Å². The highest BCUT2D eigenvalue weighted by Crippen LogP contribution is 2.53. The number of fused-ring (bicyclic) bond motifs is 1. The molecular weight excluding hydrogens is 307 g/mol. The molecule has 3 aliphatic rings. The third kappa shape index (κ3) is 2.18. The number of halogens is 2. The third-order valence-electron chi connectivity index (χ3n) is 5.23. The molecule has 0 aromatic heterocycles. The van der Waals surface area contributed by atoms with E-state index in [4.69, 9.17) is 11.6 Å². The van der Waals surface area contributed by atoms with Crippen molar-refractivity contribution in [1.29, 1.82) is 0 Å². The van der Waals surface area contributed by atoms with Crippen molar-refractivity contribution in [1.82, 2.24) is 10.2 Å². The van der Waals surface area contributed by atoms with Crippen LogP contribution in [0.5, 0.6) is 5.75 Å². The first kappa shape index (κ1) is 14.3. The van der Waals surface area contributed by atoms with Crippen LogP contribution in [0.2, 0.25) is 5.02 Å². The molecule has 0 unspecified atom stereocenters. The zero-order chi connectivity index (χ0) is 15.5. The number of aromatic hydroxyl groups is 1.